The fourth-order valence-corrected chi connectivity index (χ4v) is 2.53. The second-order valence-corrected chi connectivity index (χ2v) is 4.98. The van der Waals surface area contributed by atoms with Crippen LogP contribution in [0.15, 0.2) is 18.2 Å². The van der Waals surface area contributed by atoms with Crippen LogP contribution in [0.4, 0.5) is 8.78 Å². The van der Waals surface area contributed by atoms with Crippen LogP contribution >= 0.6 is 0 Å². The molecule has 4 nitrogen and oxygen atoms in total. The third kappa shape index (κ3) is 3.19. The van der Waals surface area contributed by atoms with Gasteiger partial charge in [0.25, 0.3) is 5.91 Å². The zero-order chi connectivity index (χ0) is 15.4. The summed E-state index contributed by atoms with van der Waals surface area (Å²) in [4.78, 5) is 15.6. The molecule has 1 saturated heterocycles. The Labute approximate surface area is 122 Å². The molecule has 0 N–H and O–H groups in total. The third-order valence-electron chi connectivity index (χ3n) is 3.75. The Kier molecular flexibility index (Phi) is 4.86. The molecule has 0 radical (unpaired) electrons. The summed E-state index contributed by atoms with van der Waals surface area (Å²) >= 11 is 0. The molecular formula is C15H17F2N3O. The molecule has 1 fully saturated rings. The maximum Gasteiger partial charge on any atom is 0.259 e. The average Bonchev–Trinajstić information content (AvgIpc) is 2.49. The van der Waals surface area contributed by atoms with E-state index in [1.54, 1.807) is 0 Å². The molecule has 2 rings (SSSR count). The fraction of sp³-hybridized carbons (Fsp3) is 0.467. The number of piperazine rings is 1. The van der Waals surface area contributed by atoms with Gasteiger partial charge in [-0.3, -0.25) is 9.69 Å². The average molecular weight is 293 g/mol. The highest BCUT2D eigenvalue weighted by Gasteiger charge is 2.28. The van der Waals surface area contributed by atoms with Crippen molar-refractivity contribution in [1.82, 2.24) is 9.80 Å². The Morgan fingerprint density at radius 2 is 1.86 bits per heavy atom. The first-order valence-corrected chi connectivity index (χ1v) is 6.95. The lowest BCUT2D eigenvalue weighted by Crippen LogP contribution is -2.51. The minimum absolute atomic E-state index is 0.174. The van der Waals surface area contributed by atoms with Gasteiger partial charge in [0.2, 0.25) is 0 Å². The Balaban J connectivity index is 2.06. The van der Waals surface area contributed by atoms with E-state index < -0.39 is 23.1 Å². The summed E-state index contributed by atoms with van der Waals surface area (Å²) in [5, 5.41) is 9.03. The number of hydrogen-bond donors (Lipinski definition) is 0. The lowest BCUT2D eigenvalue weighted by atomic mass is 10.1. The van der Waals surface area contributed by atoms with E-state index in [9.17, 15) is 13.6 Å². The van der Waals surface area contributed by atoms with Gasteiger partial charge in [-0.25, -0.2) is 8.78 Å². The largest absolute Gasteiger partial charge is 0.336 e. The molecule has 1 aliphatic rings. The highest BCUT2D eigenvalue weighted by molar-refractivity contribution is 5.94. The van der Waals surface area contributed by atoms with Crippen LogP contribution in [-0.2, 0) is 0 Å². The number of rotatable bonds is 3. The summed E-state index contributed by atoms with van der Waals surface area (Å²) in [6, 6.07) is 5.44. The van der Waals surface area contributed by atoms with E-state index in [2.05, 4.69) is 6.07 Å². The molecule has 1 aromatic carbocycles. The number of amides is 1. The number of hydrogen-bond acceptors (Lipinski definition) is 3. The zero-order valence-corrected chi connectivity index (χ0v) is 11.9. The first-order valence-electron chi connectivity index (χ1n) is 6.95. The van der Waals surface area contributed by atoms with Crippen molar-refractivity contribution in [3.05, 3.63) is 35.4 Å². The molecule has 6 heteroatoms. The lowest BCUT2D eigenvalue weighted by molar-refractivity contribution is 0.0595. The maximum atomic E-state index is 13.6. The zero-order valence-electron chi connectivity index (χ0n) is 11.9. The summed E-state index contributed by atoms with van der Waals surface area (Å²) in [6.45, 7) is 3.73. The summed E-state index contributed by atoms with van der Waals surface area (Å²) in [5.41, 5.74) is -0.502. The van der Waals surface area contributed by atoms with E-state index in [4.69, 9.17) is 5.26 Å². The molecule has 0 bridgehead atoms. The van der Waals surface area contributed by atoms with Gasteiger partial charge in [-0.2, -0.15) is 5.26 Å². The maximum absolute atomic E-state index is 13.6. The molecular weight excluding hydrogens is 276 g/mol. The topological polar surface area (TPSA) is 47.3 Å². The predicted octanol–water partition coefficient (Wildman–Crippen LogP) is 2.02. The van der Waals surface area contributed by atoms with Crippen LogP contribution in [0.25, 0.3) is 0 Å². The SMILES string of the molecule is CCC(C#N)N1CCN(C(=O)c2c(F)cccc2F)CC1. The van der Waals surface area contributed by atoms with Gasteiger partial charge in [0.1, 0.15) is 17.2 Å². The van der Waals surface area contributed by atoms with E-state index in [0.717, 1.165) is 12.1 Å². The summed E-state index contributed by atoms with van der Waals surface area (Å²) < 4.78 is 27.3. The van der Waals surface area contributed by atoms with Crippen molar-refractivity contribution in [2.75, 3.05) is 26.2 Å². The molecule has 112 valence electrons. The van der Waals surface area contributed by atoms with Gasteiger partial charge in [-0.05, 0) is 18.6 Å². The smallest absolute Gasteiger partial charge is 0.259 e. The molecule has 1 heterocycles. The predicted molar refractivity (Wildman–Crippen MR) is 73.5 cm³/mol. The molecule has 0 aromatic heterocycles. The van der Waals surface area contributed by atoms with Crippen molar-refractivity contribution in [2.45, 2.75) is 19.4 Å². The van der Waals surface area contributed by atoms with E-state index in [0.29, 0.717) is 32.6 Å². The standard InChI is InChI=1S/C15H17F2N3O/c1-2-11(10-18)19-6-8-20(9-7-19)15(21)14-12(16)4-3-5-13(14)17/h3-5,11H,2,6-9H2,1H3. The van der Waals surface area contributed by atoms with Crippen molar-refractivity contribution >= 4 is 5.91 Å². The lowest BCUT2D eigenvalue weighted by Gasteiger charge is -2.36. The molecule has 0 aliphatic carbocycles. The number of halogens is 2. The van der Waals surface area contributed by atoms with Crippen LogP contribution < -0.4 is 0 Å². The molecule has 1 unspecified atom stereocenters. The van der Waals surface area contributed by atoms with Crippen molar-refractivity contribution < 1.29 is 13.6 Å². The number of benzene rings is 1. The minimum atomic E-state index is -0.842. The molecule has 1 amide bonds. The van der Waals surface area contributed by atoms with E-state index in [1.165, 1.54) is 11.0 Å². The van der Waals surface area contributed by atoms with E-state index in [-0.39, 0.29) is 6.04 Å². The summed E-state index contributed by atoms with van der Waals surface area (Å²) in [7, 11) is 0. The van der Waals surface area contributed by atoms with E-state index >= 15 is 0 Å². The van der Waals surface area contributed by atoms with E-state index in [1.807, 2.05) is 11.8 Å². The van der Waals surface area contributed by atoms with Crippen LogP contribution in [0, 0.1) is 23.0 Å². The first kappa shape index (κ1) is 15.4. The summed E-state index contributed by atoms with van der Waals surface area (Å²) in [5.74, 6) is -2.31. The Morgan fingerprint density at radius 1 is 1.29 bits per heavy atom. The number of carbonyl (C=O) groups excluding carboxylic acids is 1. The van der Waals surface area contributed by atoms with Crippen molar-refractivity contribution in [3.8, 4) is 6.07 Å². The molecule has 0 spiro atoms. The van der Waals surface area contributed by atoms with Gasteiger partial charge in [-0.15, -0.1) is 0 Å². The normalized spacial score (nSPS) is 17.3. The van der Waals surface area contributed by atoms with Crippen molar-refractivity contribution in [2.24, 2.45) is 0 Å². The highest BCUT2D eigenvalue weighted by Crippen LogP contribution is 2.17. The fourth-order valence-electron chi connectivity index (χ4n) is 2.53. The number of carbonyl (C=O) groups is 1. The second kappa shape index (κ2) is 6.64. The van der Waals surface area contributed by atoms with Crippen molar-refractivity contribution in [3.63, 3.8) is 0 Å². The highest BCUT2D eigenvalue weighted by atomic mass is 19.1. The quantitative estimate of drug-likeness (QED) is 0.856. The van der Waals surface area contributed by atoms with Gasteiger partial charge >= 0.3 is 0 Å². The third-order valence-corrected chi connectivity index (χ3v) is 3.75. The van der Waals surface area contributed by atoms with Gasteiger partial charge in [0.15, 0.2) is 0 Å². The van der Waals surface area contributed by atoms with Crippen LogP contribution in [0.2, 0.25) is 0 Å². The van der Waals surface area contributed by atoms with Crippen LogP contribution in [0.3, 0.4) is 0 Å². The van der Waals surface area contributed by atoms with Gasteiger partial charge < -0.3 is 4.90 Å². The number of nitrogens with zero attached hydrogens (tertiary/aromatic N) is 3. The van der Waals surface area contributed by atoms with Gasteiger partial charge in [0.05, 0.1) is 12.1 Å². The Hall–Kier alpha value is -2.00. The first-order chi connectivity index (χ1) is 10.1. The monoisotopic (exact) mass is 293 g/mol. The molecule has 0 saturated carbocycles. The number of nitriles is 1. The summed E-state index contributed by atoms with van der Waals surface area (Å²) in [6.07, 6.45) is 0.715. The van der Waals surface area contributed by atoms with Crippen molar-refractivity contribution in [1.29, 1.82) is 5.26 Å². The van der Waals surface area contributed by atoms with Crippen LogP contribution in [-0.4, -0.2) is 47.9 Å². The Morgan fingerprint density at radius 3 is 2.33 bits per heavy atom. The molecule has 21 heavy (non-hydrogen) atoms. The second-order valence-electron chi connectivity index (χ2n) is 4.98. The molecule has 1 aromatic rings. The van der Waals surface area contributed by atoms with Gasteiger partial charge in [-0.1, -0.05) is 13.0 Å². The van der Waals surface area contributed by atoms with Crippen LogP contribution in [0.1, 0.15) is 23.7 Å². The Bertz CT molecular complexity index is 542. The molecule has 1 aliphatic heterocycles. The van der Waals surface area contributed by atoms with Crippen LogP contribution in [0.5, 0.6) is 0 Å². The molecule has 1 atom stereocenters. The minimum Gasteiger partial charge on any atom is -0.336 e. The van der Waals surface area contributed by atoms with Gasteiger partial charge in [0, 0.05) is 26.2 Å².